The fraction of sp³-hybridized carbons (Fsp3) is 0.188. The lowest BCUT2D eigenvalue weighted by molar-refractivity contribution is 0.415. The zero-order valence-electron chi connectivity index (χ0n) is 11.3. The topological polar surface area (TPSA) is 48.1 Å². The van der Waals surface area contributed by atoms with Crippen molar-refractivity contribution in [1.82, 2.24) is 4.98 Å². The van der Waals surface area contributed by atoms with E-state index in [1.54, 1.807) is 18.4 Å². The van der Waals surface area contributed by atoms with Gasteiger partial charge in [-0.2, -0.15) is 0 Å². The first-order chi connectivity index (χ1) is 9.81. The second-order valence-electron chi connectivity index (χ2n) is 4.55. The van der Waals surface area contributed by atoms with Crippen LogP contribution in [-0.2, 0) is 6.42 Å². The van der Waals surface area contributed by atoms with E-state index in [1.165, 1.54) is 11.1 Å². The predicted molar refractivity (Wildman–Crippen MR) is 84.4 cm³/mol. The summed E-state index contributed by atoms with van der Waals surface area (Å²) in [4.78, 5) is 4.72. The summed E-state index contributed by atoms with van der Waals surface area (Å²) in [6, 6.07) is 14.3. The number of fused-ring (bicyclic) bond motifs is 1. The number of methoxy groups -OCH3 is 1. The predicted octanol–water partition coefficient (Wildman–Crippen LogP) is 3.47. The van der Waals surface area contributed by atoms with Gasteiger partial charge in [0.2, 0.25) is 0 Å². The van der Waals surface area contributed by atoms with E-state index in [0.717, 1.165) is 27.4 Å². The summed E-state index contributed by atoms with van der Waals surface area (Å²) in [6.07, 6.45) is 0.870. The zero-order valence-corrected chi connectivity index (χ0v) is 12.1. The van der Waals surface area contributed by atoms with Crippen LogP contribution < -0.4 is 10.5 Å². The van der Waals surface area contributed by atoms with Crippen molar-refractivity contribution in [2.24, 2.45) is 5.73 Å². The van der Waals surface area contributed by atoms with E-state index < -0.39 is 0 Å². The molecule has 2 N–H and O–H groups in total. The standard InChI is InChI=1S/C16H16N2OS/c1-19-12-6-7-14-15(10-12)20-16(18-14)13-5-3-2-4-11(13)8-9-17/h2-7,10H,8-9,17H2,1H3. The van der Waals surface area contributed by atoms with Crippen LogP contribution in [0.4, 0.5) is 0 Å². The van der Waals surface area contributed by atoms with E-state index in [9.17, 15) is 0 Å². The number of thiazole rings is 1. The minimum absolute atomic E-state index is 0.649. The Morgan fingerprint density at radius 3 is 2.85 bits per heavy atom. The molecule has 0 fully saturated rings. The molecule has 0 aliphatic heterocycles. The Hall–Kier alpha value is -1.91. The Bertz CT molecular complexity index is 736. The summed E-state index contributed by atoms with van der Waals surface area (Å²) in [5.74, 6) is 0.864. The second-order valence-corrected chi connectivity index (χ2v) is 5.58. The second kappa shape index (κ2) is 5.61. The molecule has 2 aromatic carbocycles. The number of nitrogens with two attached hydrogens (primary N) is 1. The summed E-state index contributed by atoms with van der Waals surface area (Å²) >= 11 is 1.69. The maximum absolute atomic E-state index is 5.69. The number of nitrogens with zero attached hydrogens (tertiary/aromatic N) is 1. The fourth-order valence-electron chi connectivity index (χ4n) is 2.25. The van der Waals surface area contributed by atoms with Gasteiger partial charge in [0.25, 0.3) is 0 Å². The molecule has 0 amide bonds. The van der Waals surface area contributed by atoms with Crippen molar-refractivity contribution in [3.05, 3.63) is 48.0 Å². The molecule has 102 valence electrons. The van der Waals surface area contributed by atoms with Gasteiger partial charge in [-0.1, -0.05) is 24.3 Å². The third-order valence-corrected chi connectivity index (χ3v) is 4.31. The van der Waals surface area contributed by atoms with Gasteiger partial charge in [0, 0.05) is 5.56 Å². The largest absolute Gasteiger partial charge is 0.497 e. The minimum atomic E-state index is 0.649. The van der Waals surface area contributed by atoms with Crippen molar-refractivity contribution in [3.8, 4) is 16.3 Å². The van der Waals surface area contributed by atoms with Crippen molar-refractivity contribution >= 4 is 21.6 Å². The molecule has 0 radical (unpaired) electrons. The summed E-state index contributed by atoms with van der Waals surface area (Å²) in [5.41, 5.74) is 9.12. The van der Waals surface area contributed by atoms with Crippen LogP contribution in [0, 0.1) is 0 Å². The Kier molecular flexibility index (Phi) is 3.67. The summed E-state index contributed by atoms with van der Waals surface area (Å²) < 4.78 is 6.40. The van der Waals surface area contributed by atoms with E-state index in [4.69, 9.17) is 15.5 Å². The van der Waals surface area contributed by atoms with Gasteiger partial charge < -0.3 is 10.5 Å². The van der Waals surface area contributed by atoms with E-state index >= 15 is 0 Å². The van der Waals surface area contributed by atoms with Gasteiger partial charge in [-0.3, -0.25) is 0 Å². The SMILES string of the molecule is COc1ccc2nc(-c3ccccc3CCN)sc2c1. The molecule has 0 unspecified atom stereocenters. The molecular weight excluding hydrogens is 268 g/mol. The first-order valence-electron chi connectivity index (χ1n) is 6.55. The lowest BCUT2D eigenvalue weighted by Gasteiger charge is -2.04. The van der Waals surface area contributed by atoms with Crippen LogP contribution in [0.25, 0.3) is 20.8 Å². The van der Waals surface area contributed by atoms with Gasteiger partial charge in [-0.15, -0.1) is 11.3 Å². The Balaban J connectivity index is 2.10. The third-order valence-electron chi connectivity index (χ3n) is 3.26. The molecule has 3 rings (SSSR count). The summed E-state index contributed by atoms with van der Waals surface area (Å²) in [6.45, 7) is 0.649. The number of ether oxygens (including phenoxy) is 1. The van der Waals surface area contributed by atoms with Crippen molar-refractivity contribution in [2.75, 3.05) is 13.7 Å². The van der Waals surface area contributed by atoms with Gasteiger partial charge in [0.05, 0.1) is 17.3 Å². The van der Waals surface area contributed by atoms with Crippen LogP contribution in [0.3, 0.4) is 0 Å². The Morgan fingerprint density at radius 2 is 2.05 bits per heavy atom. The molecule has 1 heterocycles. The van der Waals surface area contributed by atoms with E-state index in [-0.39, 0.29) is 0 Å². The highest BCUT2D eigenvalue weighted by Gasteiger charge is 2.10. The van der Waals surface area contributed by atoms with E-state index in [1.807, 2.05) is 30.3 Å². The van der Waals surface area contributed by atoms with Crippen LogP contribution in [0.5, 0.6) is 5.75 Å². The molecule has 1 aromatic heterocycles. The lowest BCUT2D eigenvalue weighted by Crippen LogP contribution is -2.03. The van der Waals surface area contributed by atoms with E-state index in [0.29, 0.717) is 6.54 Å². The number of benzene rings is 2. The van der Waals surface area contributed by atoms with Gasteiger partial charge in [0.15, 0.2) is 0 Å². The van der Waals surface area contributed by atoms with Crippen molar-refractivity contribution in [2.45, 2.75) is 6.42 Å². The molecule has 0 atom stereocenters. The maximum Gasteiger partial charge on any atom is 0.124 e. The average Bonchev–Trinajstić information content (AvgIpc) is 2.90. The molecule has 4 heteroatoms. The highest BCUT2D eigenvalue weighted by atomic mass is 32.1. The van der Waals surface area contributed by atoms with Crippen molar-refractivity contribution < 1.29 is 4.74 Å². The molecule has 3 nitrogen and oxygen atoms in total. The minimum Gasteiger partial charge on any atom is -0.497 e. The number of aromatic nitrogens is 1. The first-order valence-corrected chi connectivity index (χ1v) is 7.36. The summed E-state index contributed by atoms with van der Waals surface area (Å²) in [5, 5.41) is 1.04. The first kappa shape index (κ1) is 13.1. The highest BCUT2D eigenvalue weighted by molar-refractivity contribution is 7.21. The van der Waals surface area contributed by atoms with Gasteiger partial charge >= 0.3 is 0 Å². The van der Waals surface area contributed by atoms with Crippen molar-refractivity contribution in [1.29, 1.82) is 0 Å². The Labute approximate surface area is 122 Å². The number of hydrogen-bond donors (Lipinski definition) is 1. The van der Waals surface area contributed by atoms with Crippen LogP contribution in [0.2, 0.25) is 0 Å². The average molecular weight is 284 g/mol. The van der Waals surface area contributed by atoms with Gasteiger partial charge in [-0.25, -0.2) is 4.98 Å². The van der Waals surface area contributed by atoms with Gasteiger partial charge in [0.1, 0.15) is 10.8 Å². The normalized spacial score (nSPS) is 10.9. The number of hydrogen-bond acceptors (Lipinski definition) is 4. The molecule has 0 aliphatic carbocycles. The highest BCUT2D eigenvalue weighted by Crippen LogP contribution is 2.33. The third kappa shape index (κ3) is 2.40. The van der Waals surface area contributed by atoms with Crippen molar-refractivity contribution in [3.63, 3.8) is 0 Å². The molecule has 0 saturated heterocycles. The summed E-state index contributed by atoms with van der Waals surface area (Å²) in [7, 11) is 1.68. The van der Waals surface area contributed by atoms with Crippen LogP contribution in [0.15, 0.2) is 42.5 Å². The van der Waals surface area contributed by atoms with Gasteiger partial charge in [-0.05, 0) is 36.7 Å². The molecular formula is C16H16N2OS. The maximum atomic E-state index is 5.69. The van der Waals surface area contributed by atoms with Crippen LogP contribution in [-0.4, -0.2) is 18.6 Å². The zero-order chi connectivity index (χ0) is 13.9. The van der Waals surface area contributed by atoms with E-state index in [2.05, 4.69) is 12.1 Å². The smallest absolute Gasteiger partial charge is 0.124 e. The monoisotopic (exact) mass is 284 g/mol. The molecule has 0 saturated carbocycles. The quantitative estimate of drug-likeness (QED) is 0.798. The van der Waals surface area contributed by atoms with Crippen LogP contribution >= 0.6 is 11.3 Å². The Morgan fingerprint density at radius 1 is 1.20 bits per heavy atom. The molecule has 0 bridgehead atoms. The molecule has 20 heavy (non-hydrogen) atoms. The lowest BCUT2D eigenvalue weighted by atomic mass is 10.1. The van der Waals surface area contributed by atoms with Crippen LogP contribution in [0.1, 0.15) is 5.56 Å². The molecule has 0 aliphatic rings. The molecule has 3 aromatic rings. The fourth-order valence-corrected chi connectivity index (χ4v) is 3.30. The molecule has 0 spiro atoms. The number of rotatable bonds is 4.